The molecule has 0 aliphatic heterocycles. The van der Waals surface area contributed by atoms with Gasteiger partial charge in [-0.15, -0.1) is 0 Å². The zero-order valence-electron chi connectivity index (χ0n) is 10.1. The maximum absolute atomic E-state index is 9.92. The quantitative estimate of drug-likeness (QED) is 0.650. The number of carbonyl (C=O) groups is 1. The third-order valence-electron chi connectivity index (χ3n) is 3.99. The molecule has 0 spiro atoms. The molecule has 2 aliphatic carbocycles. The van der Waals surface area contributed by atoms with Gasteiger partial charge < -0.3 is 10.2 Å². The van der Waals surface area contributed by atoms with Gasteiger partial charge in [0, 0.05) is 6.92 Å². The normalized spacial score (nSPS) is 40.9. The van der Waals surface area contributed by atoms with Gasteiger partial charge in [0.1, 0.15) is 0 Å². The smallest absolute Gasteiger partial charge is 0.300 e. The van der Waals surface area contributed by atoms with Crippen LogP contribution in [0.3, 0.4) is 0 Å². The lowest BCUT2D eigenvalue weighted by Gasteiger charge is -2.37. The molecule has 2 N–H and O–H groups in total. The van der Waals surface area contributed by atoms with Gasteiger partial charge in [0.05, 0.1) is 5.60 Å². The average molecular weight is 214 g/mol. The Morgan fingerprint density at radius 2 is 1.67 bits per heavy atom. The van der Waals surface area contributed by atoms with Crippen LogP contribution in [-0.4, -0.2) is 21.8 Å². The van der Waals surface area contributed by atoms with Gasteiger partial charge in [-0.05, 0) is 43.4 Å². The van der Waals surface area contributed by atoms with Gasteiger partial charge in [0.15, 0.2) is 0 Å². The van der Waals surface area contributed by atoms with Crippen LogP contribution in [0.5, 0.6) is 0 Å². The summed E-state index contributed by atoms with van der Waals surface area (Å²) in [5, 5.41) is 17.3. The van der Waals surface area contributed by atoms with Gasteiger partial charge >= 0.3 is 0 Å². The molecule has 2 rings (SSSR count). The van der Waals surface area contributed by atoms with Crippen molar-refractivity contribution < 1.29 is 15.0 Å². The minimum Gasteiger partial charge on any atom is -0.481 e. The molecule has 3 nitrogen and oxygen atoms in total. The van der Waals surface area contributed by atoms with Crippen molar-refractivity contribution in [3.05, 3.63) is 0 Å². The zero-order valence-corrected chi connectivity index (χ0v) is 10.1. The largest absolute Gasteiger partial charge is 0.481 e. The lowest BCUT2D eigenvalue weighted by atomic mass is 9.71. The van der Waals surface area contributed by atoms with E-state index in [0.717, 1.165) is 19.3 Å². The van der Waals surface area contributed by atoms with Crippen molar-refractivity contribution >= 4 is 5.97 Å². The van der Waals surface area contributed by atoms with Crippen molar-refractivity contribution in [2.45, 2.75) is 52.6 Å². The van der Waals surface area contributed by atoms with Crippen molar-refractivity contribution in [1.82, 2.24) is 0 Å². The number of fused-ring (bicyclic) bond motifs is 2. The van der Waals surface area contributed by atoms with E-state index in [1.807, 2.05) is 6.92 Å². The van der Waals surface area contributed by atoms with Gasteiger partial charge in [0.2, 0.25) is 0 Å². The number of carboxylic acids is 1. The molecule has 88 valence electrons. The van der Waals surface area contributed by atoms with E-state index in [1.165, 1.54) is 12.8 Å². The van der Waals surface area contributed by atoms with E-state index in [2.05, 4.69) is 13.8 Å². The third kappa shape index (κ3) is 2.71. The lowest BCUT2D eigenvalue weighted by molar-refractivity contribution is -0.134. The first kappa shape index (κ1) is 12.5. The van der Waals surface area contributed by atoms with E-state index in [-0.39, 0.29) is 5.60 Å². The van der Waals surface area contributed by atoms with Crippen LogP contribution in [0.4, 0.5) is 0 Å². The Morgan fingerprint density at radius 1 is 1.20 bits per heavy atom. The average Bonchev–Trinajstić information content (AvgIpc) is 2.37. The standard InChI is InChI=1S/C10H18O.C2H4O2/c1-9(2)5-8-4-7(9)6-10(8,3)11;1-2(3)4/h7-8,11H,4-6H2,1-3H3;1H3,(H,3,4). The molecule has 0 radical (unpaired) electrons. The maximum atomic E-state index is 9.92. The highest BCUT2D eigenvalue weighted by Gasteiger charge is 2.54. The van der Waals surface area contributed by atoms with Crippen LogP contribution in [0.2, 0.25) is 0 Å². The molecule has 0 aromatic rings. The fraction of sp³-hybridized carbons (Fsp3) is 0.917. The molecule has 3 unspecified atom stereocenters. The number of aliphatic hydroxyl groups is 1. The summed E-state index contributed by atoms with van der Waals surface area (Å²) in [6, 6.07) is 0. The number of rotatable bonds is 0. The number of hydrogen-bond donors (Lipinski definition) is 2. The van der Waals surface area contributed by atoms with Gasteiger partial charge in [-0.2, -0.15) is 0 Å². The molecule has 2 fully saturated rings. The van der Waals surface area contributed by atoms with Gasteiger partial charge in [-0.3, -0.25) is 4.79 Å². The highest BCUT2D eigenvalue weighted by molar-refractivity contribution is 5.62. The minimum absolute atomic E-state index is 0.333. The second kappa shape index (κ2) is 3.78. The molecule has 2 saturated carbocycles. The van der Waals surface area contributed by atoms with Crippen LogP contribution < -0.4 is 0 Å². The van der Waals surface area contributed by atoms with E-state index in [4.69, 9.17) is 9.90 Å². The Bertz CT molecular complexity index is 232. The molecule has 0 amide bonds. The molecular weight excluding hydrogens is 192 g/mol. The predicted molar refractivity (Wildman–Crippen MR) is 58.5 cm³/mol. The SMILES string of the molecule is CC(=O)O.CC1(C)CC2CC1CC2(C)O. The molecule has 15 heavy (non-hydrogen) atoms. The first-order valence-electron chi connectivity index (χ1n) is 5.57. The topological polar surface area (TPSA) is 57.5 Å². The molecule has 3 heteroatoms. The molecule has 3 atom stereocenters. The third-order valence-corrected chi connectivity index (χ3v) is 3.99. The molecule has 0 aromatic heterocycles. The van der Waals surface area contributed by atoms with E-state index < -0.39 is 5.97 Å². The van der Waals surface area contributed by atoms with Gasteiger partial charge in [-0.25, -0.2) is 0 Å². The lowest BCUT2D eigenvalue weighted by Crippen LogP contribution is -2.36. The summed E-state index contributed by atoms with van der Waals surface area (Å²) >= 11 is 0. The fourth-order valence-electron chi connectivity index (χ4n) is 3.05. The summed E-state index contributed by atoms with van der Waals surface area (Å²) in [5.74, 6) is 0.532. The summed E-state index contributed by atoms with van der Waals surface area (Å²) < 4.78 is 0. The summed E-state index contributed by atoms with van der Waals surface area (Å²) in [4.78, 5) is 9.00. The van der Waals surface area contributed by atoms with Crippen molar-refractivity contribution in [3.63, 3.8) is 0 Å². The Kier molecular flexibility index (Phi) is 3.15. The first-order valence-corrected chi connectivity index (χ1v) is 5.57. The number of hydrogen-bond acceptors (Lipinski definition) is 2. The van der Waals surface area contributed by atoms with Crippen LogP contribution in [0.1, 0.15) is 47.0 Å². The molecule has 2 bridgehead atoms. The molecule has 0 aromatic carbocycles. The van der Waals surface area contributed by atoms with Crippen LogP contribution in [-0.2, 0) is 4.79 Å². The Morgan fingerprint density at radius 3 is 1.87 bits per heavy atom. The van der Waals surface area contributed by atoms with E-state index in [9.17, 15) is 5.11 Å². The number of carboxylic acid groups (broad SMARTS) is 1. The molecule has 0 heterocycles. The van der Waals surface area contributed by atoms with Crippen LogP contribution in [0.15, 0.2) is 0 Å². The maximum Gasteiger partial charge on any atom is 0.300 e. The minimum atomic E-state index is -0.833. The summed E-state index contributed by atoms with van der Waals surface area (Å²) in [6.07, 6.45) is 3.52. The van der Waals surface area contributed by atoms with Crippen molar-refractivity contribution in [3.8, 4) is 0 Å². The predicted octanol–water partition coefficient (Wildman–Crippen LogP) is 2.28. The Labute approximate surface area is 91.5 Å². The highest BCUT2D eigenvalue weighted by atomic mass is 16.4. The Hall–Kier alpha value is -0.570. The van der Waals surface area contributed by atoms with Gasteiger partial charge in [0.25, 0.3) is 5.97 Å². The highest BCUT2D eigenvalue weighted by Crippen LogP contribution is 2.59. The van der Waals surface area contributed by atoms with E-state index in [0.29, 0.717) is 11.3 Å². The van der Waals surface area contributed by atoms with E-state index >= 15 is 0 Å². The second-order valence-electron chi connectivity index (χ2n) is 5.90. The number of aliphatic carboxylic acids is 1. The zero-order chi connectivity index (χ0) is 11.9. The fourth-order valence-corrected chi connectivity index (χ4v) is 3.05. The van der Waals surface area contributed by atoms with Crippen LogP contribution >= 0.6 is 0 Å². The molecular formula is C12H22O3. The molecule has 0 saturated heterocycles. The van der Waals surface area contributed by atoms with E-state index in [1.54, 1.807) is 0 Å². The van der Waals surface area contributed by atoms with Crippen molar-refractivity contribution in [2.24, 2.45) is 17.3 Å². The first-order chi connectivity index (χ1) is 6.65. The Balaban J connectivity index is 0.000000245. The summed E-state index contributed by atoms with van der Waals surface area (Å²) in [5.41, 5.74) is 0.174. The van der Waals surface area contributed by atoms with Gasteiger partial charge in [-0.1, -0.05) is 13.8 Å². The van der Waals surface area contributed by atoms with Crippen molar-refractivity contribution in [2.75, 3.05) is 0 Å². The monoisotopic (exact) mass is 214 g/mol. The van der Waals surface area contributed by atoms with Crippen LogP contribution in [0, 0.1) is 17.3 Å². The molecule has 2 aliphatic rings. The second-order valence-corrected chi connectivity index (χ2v) is 5.90. The summed E-state index contributed by atoms with van der Waals surface area (Å²) in [6.45, 7) is 7.77. The summed E-state index contributed by atoms with van der Waals surface area (Å²) in [7, 11) is 0. The van der Waals surface area contributed by atoms with Crippen LogP contribution in [0.25, 0.3) is 0 Å². The van der Waals surface area contributed by atoms with Crippen molar-refractivity contribution in [1.29, 1.82) is 0 Å².